The third-order valence-corrected chi connectivity index (χ3v) is 2.39. The topological polar surface area (TPSA) is 30.5 Å². The van der Waals surface area contributed by atoms with E-state index in [1.807, 2.05) is 6.07 Å². The van der Waals surface area contributed by atoms with Crippen molar-refractivity contribution in [2.45, 2.75) is 19.8 Å². The smallest absolute Gasteiger partial charge is 0.169 e. The maximum atomic E-state index is 13.0. The predicted octanol–water partition coefficient (Wildman–Crippen LogP) is 1.84. The average Bonchev–Trinajstić information content (AvgIpc) is 2.29. The Morgan fingerprint density at radius 3 is 2.56 bits per heavy atom. The van der Waals surface area contributed by atoms with Gasteiger partial charge in [-0.1, -0.05) is 12.1 Å². The third-order valence-electron chi connectivity index (χ3n) is 2.39. The number of aryl methyl sites for hydroxylation is 1. The fourth-order valence-electron chi connectivity index (χ4n) is 1.41. The van der Waals surface area contributed by atoms with Crippen LogP contribution >= 0.6 is 0 Å². The minimum atomic E-state index is -0.249. The monoisotopic (exact) mass is 227 g/mol. The van der Waals surface area contributed by atoms with Crippen molar-refractivity contribution in [3.05, 3.63) is 35.1 Å². The highest BCUT2D eigenvalue weighted by atomic mass is 19.1. The summed E-state index contributed by atoms with van der Waals surface area (Å²) in [5, 5.41) is 3.18. The quantitative estimate of drug-likeness (QED) is 0.752. The molecule has 1 rings (SSSR count). The molecule has 1 aromatic carbocycles. The van der Waals surface area contributed by atoms with E-state index in [2.05, 4.69) is 5.32 Å². The van der Waals surface area contributed by atoms with Crippen LogP contribution in [0.2, 0.25) is 0 Å². The van der Waals surface area contributed by atoms with E-state index in [4.69, 9.17) is 9.47 Å². The highest BCUT2D eigenvalue weighted by Gasteiger charge is 2.04. The van der Waals surface area contributed by atoms with Gasteiger partial charge in [0.05, 0.1) is 0 Å². The fraction of sp³-hybridized carbons (Fsp3) is 0.500. The maximum absolute atomic E-state index is 13.0. The lowest BCUT2D eigenvalue weighted by atomic mass is 10.1. The highest BCUT2D eigenvalue weighted by molar-refractivity contribution is 5.23. The van der Waals surface area contributed by atoms with Gasteiger partial charge in [0.15, 0.2) is 6.29 Å². The molecule has 1 N–H and O–H groups in total. The molecule has 0 unspecified atom stereocenters. The molecule has 0 spiro atoms. The molecule has 4 heteroatoms. The normalized spacial score (nSPS) is 11.1. The molecule has 0 saturated heterocycles. The number of benzene rings is 1. The van der Waals surface area contributed by atoms with Gasteiger partial charge < -0.3 is 14.8 Å². The molecule has 0 aliphatic heterocycles. The zero-order valence-electron chi connectivity index (χ0n) is 9.92. The van der Waals surface area contributed by atoms with Crippen LogP contribution in [0.3, 0.4) is 0 Å². The highest BCUT2D eigenvalue weighted by Crippen LogP contribution is 2.08. The molecule has 0 atom stereocenters. The van der Waals surface area contributed by atoms with Crippen molar-refractivity contribution in [1.29, 1.82) is 0 Å². The molecule has 3 nitrogen and oxygen atoms in total. The number of ether oxygens (including phenoxy) is 2. The van der Waals surface area contributed by atoms with Crippen molar-refractivity contribution in [3.8, 4) is 0 Å². The van der Waals surface area contributed by atoms with Gasteiger partial charge in [0, 0.05) is 27.3 Å². The van der Waals surface area contributed by atoms with Crippen LogP contribution < -0.4 is 5.32 Å². The second-order valence-electron chi connectivity index (χ2n) is 3.62. The number of hydrogen-bond donors (Lipinski definition) is 1. The Bertz CT molecular complexity index is 327. The van der Waals surface area contributed by atoms with E-state index in [0.717, 1.165) is 5.56 Å². The predicted molar refractivity (Wildman–Crippen MR) is 60.6 cm³/mol. The zero-order chi connectivity index (χ0) is 12.0. The van der Waals surface area contributed by atoms with Crippen LogP contribution in [0.5, 0.6) is 0 Å². The molecule has 0 radical (unpaired) electrons. The van der Waals surface area contributed by atoms with Gasteiger partial charge >= 0.3 is 0 Å². The van der Waals surface area contributed by atoms with Crippen LogP contribution in [-0.2, 0) is 16.0 Å². The summed E-state index contributed by atoms with van der Waals surface area (Å²) in [5.74, 6) is -0.171. The van der Waals surface area contributed by atoms with Gasteiger partial charge in [0.2, 0.25) is 0 Å². The second kappa shape index (κ2) is 6.58. The van der Waals surface area contributed by atoms with E-state index >= 15 is 0 Å². The Morgan fingerprint density at radius 2 is 2.00 bits per heavy atom. The first-order valence-electron chi connectivity index (χ1n) is 5.18. The lowest BCUT2D eigenvalue weighted by Gasteiger charge is -2.14. The van der Waals surface area contributed by atoms with Crippen LogP contribution in [0.4, 0.5) is 4.39 Å². The van der Waals surface area contributed by atoms with Gasteiger partial charge in [-0.2, -0.15) is 0 Å². The first-order valence-corrected chi connectivity index (χ1v) is 5.18. The second-order valence-corrected chi connectivity index (χ2v) is 3.62. The van der Waals surface area contributed by atoms with Crippen molar-refractivity contribution in [1.82, 2.24) is 5.32 Å². The lowest BCUT2D eigenvalue weighted by Crippen LogP contribution is -2.29. The molecule has 0 aliphatic carbocycles. The molecule has 0 saturated carbocycles. The molecule has 1 aromatic rings. The van der Waals surface area contributed by atoms with Gasteiger partial charge in [-0.15, -0.1) is 0 Å². The number of hydrogen-bond acceptors (Lipinski definition) is 3. The number of nitrogens with one attached hydrogen (secondary N) is 1. The molecule has 0 fully saturated rings. The van der Waals surface area contributed by atoms with E-state index in [9.17, 15) is 4.39 Å². The maximum Gasteiger partial charge on any atom is 0.169 e. The van der Waals surface area contributed by atoms with E-state index in [1.54, 1.807) is 27.2 Å². The largest absolute Gasteiger partial charge is 0.355 e. The summed E-state index contributed by atoms with van der Waals surface area (Å²) in [5.41, 5.74) is 1.71. The molecule has 0 heterocycles. The molecule has 90 valence electrons. The number of halogens is 1. The minimum Gasteiger partial charge on any atom is -0.355 e. The average molecular weight is 227 g/mol. The van der Waals surface area contributed by atoms with E-state index in [0.29, 0.717) is 18.7 Å². The van der Waals surface area contributed by atoms with Crippen molar-refractivity contribution in [2.75, 3.05) is 20.8 Å². The molecular weight excluding hydrogens is 209 g/mol. The van der Waals surface area contributed by atoms with Gasteiger partial charge in [-0.25, -0.2) is 4.39 Å². The van der Waals surface area contributed by atoms with Crippen LogP contribution in [-0.4, -0.2) is 27.1 Å². The molecule has 0 aliphatic rings. The van der Waals surface area contributed by atoms with Gasteiger partial charge in [0.1, 0.15) is 5.82 Å². The third kappa shape index (κ3) is 3.89. The summed E-state index contributed by atoms with van der Waals surface area (Å²) in [4.78, 5) is 0. The van der Waals surface area contributed by atoms with Crippen LogP contribution in [0, 0.1) is 12.7 Å². The van der Waals surface area contributed by atoms with Crippen molar-refractivity contribution in [2.24, 2.45) is 0 Å². The molecule has 16 heavy (non-hydrogen) atoms. The van der Waals surface area contributed by atoms with E-state index < -0.39 is 0 Å². The molecule has 0 amide bonds. The molecule has 0 aromatic heterocycles. The van der Waals surface area contributed by atoms with Gasteiger partial charge in [0.25, 0.3) is 0 Å². The standard InChI is InChI=1S/C12H18FNO2/c1-9-6-10(4-5-11(9)13)7-14-8-12(15-2)16-3/h4-6,12,14H,7-8H2,1-3H3. The summed E-state index contributed by atoms with van der Waals surface area (Å²) in [6.45, 7) is 3.03. The molecular formula is C12H18FNO2. The van der Waals surface area contributed by atoms with Crippen molar-refractivity contribution in [3.63, 3.8) is 0 Å². The lowest BCUT2D eigenvalue weighted by molar-refractivity contribution is -0.0989. The summed E-state index contributed by atoms with van der Waals surface area (Å²) < 4.78 is 23.1. The van der Waals surface area contributed by atoms with Crippen molar-refractivity contribution >= 4 is 0 Å². The summed E-state index contributed by atoms with van der Waals surface area (Å²) in [6, 6.07) is 5.08. The van der Waals surface area contributed by atoms with Gasteiger partial charge in [-0.05, 0) is 24.1 Å². The Balaban J connectivity index is 2.40. The minimum absolute atomic E-state index is 0.171. The Morgan fingerprint density at radius 1 is 1.31 bits per heavy atom. The Hall–Kier alpha value is -0.970. The summed E-state index contributed by atoms with van der Waals surface area (Å²) >= 11 is 0. The van der Waals surface area contributed by atoms with E-state index in [1.165, 1.54) is 6.07 Å². The van der Waals surface area contributed by atoms with Crippen molar-refractivity contribution < 1.29 is 13.9 Å². The first kappa shape index (κ1) is 13.1. The summed E-state index contributed by atoms with van der Waals surface area (Å²) in [6.07, 6.45) is -0.249. The van der Waals surface area contributed by atoms with Crippen LogP contribution in [0.25, 0.3) is 0 Å². The Kier molecular flexibility index (Phi) is 5.38. The van der Waals surface area contributed by atoms with Crippen LogP contribution in [0.1, 0.15) is 11.1 Å². The molecule has 0 bridgehead atoms. The fourth-order valence-corrected chi connectivity index (χ4v) is 1.41. The Labute approximate surface area is 95.6 Å². The van der Waals surface area contributed by atoms with E-state index in [-0.39, 0.29) is 12.1 Å². The zero-order valence-corrected chi connectivity index (χ0v) is 9.92. The number of methoxy groups -OCH3 is 2. The SMILES string of the molecule is COC(CNCc1ccc(F)c(C)c1)OC. The van der Waals surface area contributed by atoms with Gasteiger partial charge in [-0.3, -0.25) is 0 Å². The first-order chi connectivity index (χ1) is 7.67. The number of rotatable bonds is 6. The summed E-state index contributed by atoms with van der Waals surface area (Å²) in [7, 11) is 3.19. The van der Waals surface area contributed by atoms with Crippen LogP contribution in [0.15, 0.2) is 18.2 Å².